The Labute approximate surface area is 143 Å². The predicted octanol–water partition coefficient (Wildman–Crippen LogP) is 5.36. The molecular formula is C20H17F3N2. The molecule has 0 unspecified atom stereocenters. The minimum absolute atomic E-state index is 0.293. The zero-order chi connectivity index (χ0) is 17.8. The minimum Gasteiger partial charge on any atom is -0.350 e. The lowest BCUT2D eigenvalue weighted by Gasteiger charge is -2.20. The fourth-order valence-electron chi connectivity index (χ4n) is 3.73. The largest absolute Gasteiger partial charge is 0.399 e. The van der Waals surface area contributed by atoms with E-state index >= 15 is 0 Å². The zero-order valence-corrected chi connectivity index (χ0v) is 13.9. The van der Waals surface area contributed by atoms with Crippen molar-refractivity contribution in [1.82, 2.24) is 9.13 Å². The average molecular weight is 342 g/mol. The van der Waals surface area contributed by atoms with Crippen molar-refractivity contribution in [2.45, 2.75) is 12.1 Å². The SMILES string of the molecule is Cn1cc(C(c2cn(C)c3ccccc23)C(F)(F)F)c2ccccc21. The molecule has 0 saturated heterocycles. The van der Waals surface area contributed by atoms with Crippen molar-refractivity contribution < 1.29 is 13.2 Å². The maximum atomic E-state index is 14.1. The van der Waals surface area contributed by atoms with Gasteiger partial charge in [0.15, 0.2) is 0 Å². The topological polar surface area (TPSA) is 9.86 Å². The van der Waals surface area contributed by atoms with E-state index < -0.39 is 12.1 Å². The van der Waals surface area contributed by atoms with E-state index in [9.17, 15) is 13.2 Å². The summed E-state index contributed by atoms with van der Waals surface area (Å²) in [6, 6.07) is 14.4. The third-order valence-corrected chi connectivity index (χ3v) is 4.80. The summed E-state index contributed by atoms with van der Waals surface area (Å²) < 4.78 is 46.0. The molecule has 0 fully saturated rings. The minimum atomic E-state index is -4.38. The second-order valence-corrected chi connectivity index (χ2v) is 6.40. The molecule has 2 heterocycles. The number of alkyl halides is 3. The van der Waals surface area contributed by atoms with E-state index in [0.29, 0.717) is 21.9 Å². The number of fused-ring (bicyclic) bond motifs is 2. The lowest BCUT2D eigenvalue weighted by Crippen LogP contribution is -2.21. The van der Waals surface area contributed by atoms with Gasteiger partial charge >= 0.3 is 6.18 Å². The molecule has 2 aromatic carbocycles. The Morgan fingerprint density at radius 1 is 0.720 bits per heavy atom. The fraction of sp³-hybridized carbons (Fsp3) is 0.200. The number of hydrogen-bond donors (Lipinski definition) is 0. The molecule has 0 N–H and O–H groups in total. The van der Waals surface area contributed by atoms with Gasteiger partial charge in [0.05, 0.1) is 0 Å². The summed E-state index contributed by atoms with van der Waals surface area (Å²) in [5.41, 5.74) is 2.18. The smallest absolute Gasteiger partial charge is 0.350 e. The maximum absolute atomic E-state index is 14.1. The van der Waals surface area contributed by atoms with Crippen LogP contribution in [0.15, 0.2) is 60.9 Å². The normalized spacial score (nSPS) is 12.6. The number of para-hydroxylation sites is 2. The first kappa shape index (κ1) is 15.8. The molecule has 4 aromatic rings. The quantitative estimate of drug-likeness (QED) is 0.464. The van der Waals surface area contributed by atoms with Gasteiger partial charge in [0, 0.05) is 48.3 Å². The standard InChI is InChI=1S/C20H17F3N2/c1-24-11-15(13-7-3-5-9-17(13)24)19(20(21,22)23)16-12-25(2)18-10-6-4-8-14(16)18/h3-12,19H,1-2H3. The Morgan fingerprint density at radius 3 is 1.52 bits per heavy atom. The van der Waals surface area contributed by atoms with Crippen LogP contribution in [0.5, 0.6) is 0 Å². The molecule has 0 bridgehead atoms. The van der Waals surface area contributed by atoms with E-state index in [1.807, 2.05) is 24.3 Å². The summed E-state index contributed by atoms with van der Waals surface area (Å²) in [7, 11) is 3.56. The Morgan fingerprint density at radius 2 is 1.12 bits per heavy atom. The van der Waals surface area contributed by atoms with Gasteiger partial charge < -0.3 is 9.13 Å². The third-order valence-electron chi connectivity index (χ3n) is 4.80. The Bertz CT molecular complexity index is 990. The summed E-state index contributed by atoms with van der Waals surface area (Å²) >= 11 is 0. The van der Waals surface area contributed by atoms with Crippen molar-refractivity contribution in [1.29, 1.82) is 0 Å². The molecule has 0 aliphatic rings. The number of halogens is 3. The predicted molar refractivity (Wildman–Crippen MR) is 93.7 cm³/mol. The van der Waals surface area contributed by atoms with Crippen molar-refractivity contribution >= 4 is 21.8 Å². The van der Waals surface area contributed by atoms with Crippen LogP contribution >= 0.6 is 0 Å². The Balaban J connectivity index is 2.04. The van der Waals surface area contributed by atoms with E-state index in [4.69, 9.17) is 0 Å². The van der Waals surface area contributed by atoms with Crippen LogP contribution < -0.4 is 0 Å². The van der Waals surface area contributed by atoms with Gasteiger partial charge in [0.25, 0.3) is 0 Å². The molecule has 25 heavy (non-hydrogen) atoms. The zero-order valence-electron chi connectivity index (χ0n) is 13.9. The van der Waals surface area contributed by atoms with Crippen LogP contribution in [0, 0.1) is 0 Å². The van der Waals surface area contributed by atoms with Gasteiger partial charge in [-0.05, 0) is 23.3 Å². The highest BCUT2D eigenvalue weighted by atomic mass is 19.4. The van der Waals surface area contributed by atoms with Crippen molar-refractivity contribution in [3.63, 3.8) is 0 Å². The highest BCUT2D eigenvalue weighted by Crippen LogP contribution is 2.45. The molecule has 4 rings (SSSR count). The van der Waals surface area contributed by atoms with Gasteiger partial charge in [-0.1, -0.05) is 36.4 Å². The van der Waals surface area contributed by atoms with Crippen LogP contribution in [0.3, 0.4) is 0 Å². The number of aromatic nitrogens is 2. The lowest BCUT2D eigenvalue weighted by molar-refractivity contribution is -0.140. The van der Waals surface area contributed by atoms with E-state index in [1.165, 1.54) is 0 Å². The van der Waals surface area contributed by atoms with Crippen LogP contribution in [0.1, 0.15) is 17.0 Å². The Hall–Kier alpha value is -2.69. The van der Waals surface area contributed by atoms with Crippen LogP contribution in [-0.2, 0) is 14.1 Å². The van der Waals surface area contributed by atoms with E-state index in [-0.39, 0.29) is 0 Å². The highest BCUT2D eigenvalue weighted by Gasteiger charge is 2.44. The van der Waals surface area contributed by atoms with Gasteiger partial charge in [-0.3, -0.25) is 0 Å². The second-order valence-electron chi connectivity index (χ2n) is 6.40. The van der Waals surface area contributed by atoms with Crippen molar-refractivity contribution in [2.75, 3.05) is 0 Å². The van der Waals surface area contributed by atoms with Crippen LogP contribution in [0.2, 0.25) is 0 Å². The first-order valence-corrected chi connectivity index (χ1v) is 8.02. The molecule has 0 radical (unpaired) electrons. The van der Waals surface area contributed by atoms with Gasteiger partial charge in [-0.2, -0.15) is 13.2 Å². The molecule has 0 aliphatic heterocycles. The highest BCUT2D eigenvalue weighted by molar-refractivity contribution is 5.89. The summed E-state index contributed by atoms with van der Waals surface area (Å²) in [5, 5.41) is 1.28. The number of rotatable bonds is 2. The van der Waals surface area contributed by atoms with Crippen LogP contribution in [0.25, 0.3) is 21.8 Å². The first-order valence-electron chi connectivity index (χ1n) is 8.02. The number of hydrogen-bond acceptors (Lipinski definition) is 0. The van der Waals surface area contributed by atoms with Crippen molar-refractivity contribution in [3.8, 4) is 0 Å². The summed E-state index contributed by atoms with van der Waals surface area (Å²) in [4.78, 5) is 0. The third kappa shape index (κ3) is 2.42. The fourth-order valence-corrected chi connectivity index (χ4v) is 3.73. The van der Waals surface area contributed by atoms with E-state index in [2.05, 4.69) is 0 Å². The number of aryl methyl sites for hydroxylation is 2. The molecule has 0 aliphatic carbocycles. The molecule has 2 nitrogen and oxygen atoms in total. The number of benzene rings is 2. The molecule has 5 heteroatoms. The van der Waals surface area contributed by atoms with Crippen LogP contribution in [-0.4, -0.2) is 15.3 Å². The number of nitrogens with zero attached hydrogens (tertiary/aromatic N) is 2. The van der Waals surface area contributed by atoms with E-state index in [0.717, 1.165) is 11.0 Å². The molecule has 0 amide bonds. The lowest BCUT2D eigenvalue weighted by atomic mass is 9.90. The molecular weight excluding hydrogens is 325 g/mol. The van der Waals surface area contributed by atoms with Gasteiger partial charge in [-0.15, -0.1) is 0 Å². The average Bonchev–Trinajstić information content (AvgIpc) is 3.06. The maximum Gasteiger partial charge on any atom is 0.399 e. The van der Waals surface area contributed by atoms with Gasteiger partial charge in [0.1, 0.15) is 5.92 Å². The molecule has 0 saturated carbocycles. The monoisotopic (exact) mass is 342 g/mol. The molecule has 2 aromatic heterocycles. The second kappa shape index (κ2) is 5.41. The van der Waals surface area contributed by atoms with Gasteiger partial charge in [0.2, 0.25) is 0 Å². The molecule has 0 atom stereocenters. The van der Waals surface area contributed by atoms with E-state index in [1.54, 1.807) is 59.9 Å². The van der Waals surface area contributed by atoms with Crippen molar-refractivity contribution in [2.24, 2.45) is 14.1 Å². The van der Waals surface area contributed by atoms with Crippen molar-refractivity contribution in [3.05, 3.63) is 72.1 Å². The first-order chi connectivity index (χ1) is 11.9. The molecule has 128 valence electrons. The molecule has 0 spiro atoms. The Kier molecular flexibility index (Phi) is 3.42. The summed E-state index contributed by atoms with van der Waals surface area (Å²) in [5.74, 6) is -1.66. The van der Waals surface area contributed by atoms with Crippen LogP contribution in [0.4, 0.5) is 13.2 Å². The summed E-state index contributed by atoms with van der Waals surface area (Å²) in [6.07, 6.45) is -1.18. The summed E-state index contributed by atoms with van der Waals surface area (Å²) in [6.45, 7) is 0. The van der Waals surface area contributed by atoms with Gasteiger partial charge in [-0.25, -0.2) is 0 Å².